The molecule has 0 aliphatic carbocycles. The second-order valence-electron chi connectivity index (χ2n) is 2.91. The van der Waals surface area contributed by atoms with Crippen molar-refractivity contribution in [2.24, 2.45) is 0 Å². The van der Waals surface area contributed by atoms with Gasteiger partial charge in [0.25, 0.3) is 5.56 Å². The molecule has 0 unspecified atom stereocenters. The van der Waals surface area contributed by atoms with Crippen LogP contribution in [0.2, 0.25) is 0 Å². The Bertz CT molecular complexity index is 470. The number of hydrogen-bond acceptors (Lipinski definition) is 4. The first-order valence-electron chi connectivity index (χ1n) is 4.00. The van der Waals surface area contributed by atoms with Crippen molar-refractivity contribution in [3.05, 3.63) is 27.2 Å². The molecule has 1 rings (SSSR count). The lowest BCUT2D eigenvalue weighted by Crippen LogP contribution is -2.32. The molecule has 0 spiro atoms. The first-order chi connectivity index (χ1) is 6.54. The molecule has 0 amide bonds. The Balaban J connectivity index is 3.76. The molecule has 0 saturated carbocycles. The Hall–Kier alpha value is -1.41. The molecule has 5 heteroatoms. The lowest BCUT2D eigenvalue weighted by Gasteiger charge is -2.11. The van der Waals surface area contributed by atoms with E-state index in [1.165, 1.54) is 11.8 Å². The highest BCUT2D eigenvalue weighted by molar-refractivity contribution is 7.98. The molecule has 0 radical (unpaired) electrons. The van der Waals surface area contributed by atoms with Gasteiger partial charge >= 0.3 is 0 Å². The molecule has 14 heavy (non-hydrogen) atoms. The molecule has 1 aromatic rings. The summed E-state index contributed by atoms with van der Waals surface area (Å²) in [5.74, 6) is 5.54. The van der Waals surface area contributed by atoms with Crippen LogP contribution < -0.4 is 11.4 Å². The van der Waals surface area contributed by atoms with Crippen LogP contribution in [0.1, 0.15) is 16.8 Å². The van der Waals surface area contributed by atoms with E-state index in [0.29, 0.717) is 11.3 Å². The number of nitrogens with zero attached hydrogens (tertiary/aromatic N) is 2. The lowest BCUT2D eigenvalue weighted by atomic mass is 10.1. The van der Waals surface area contributed by atoms with Gasteiger partial charge in [0, 0.05) is 4.90 Å². The lowest BCUT2D eigenvalue weighted by molar-refractivity contribution is 0.839. The third-order valence-corrected chi connectivity index (χ3v) is 3.16. The van der Waals surface area contributed by atoms with Crippen LogP contribution in [0, 0.1) is 25.2 Å². The van der Waals surface area contributed by atoms with Crippen molar-refractivity contribution in [2.75, 3.05) is 12.1 Å². The van der Waals surface area contributed by atoms with E-state index in [1.54, 1.807) is 13.8 Å². The summed E-state index contributed by atoms with van der Waals surface area (Å²) in [6, 6.07) is 1.88. The minimum Gasteiger partial charge on any atom is -0.336 e. The fourth-order valence-electron chi connectivity index (χ4n) is 1.36. The van der Waals surface area contributed by atoms with Crippen LogP contribution in [0.25, 0.3) is 0 Å². The normalized spacial score (nSPS) is 9.86. The summed E-state index contributed by atoms with van der Waals surface area (Å²) >= 11 is 1.48. The molecule has 2 N–H and O–H groups in total. The topological polar surface area (TPSA) is 71.8 Å². The fraction of sp³-hybridized carbons (Fsp3) is 0.333. The van der Waals surface area contributed by atoms with E-state index in [1.807, 2.05) is 12.3 Å². The smallest absolute Gasteiger partial charge is 0.287 e. The summed E-state index contributed by atoms with van der Waals surface area (Å²) in [6.45, 7) is 3.53. The number of pyridine rings is 1. The van der Waals surface area contributed by atoms with Crippen molar-refractivity contribution in [1.29, 1.82) is 5.26 Å². The molecular weight excluding hydrogens is 198 g/mol. The summed E-state index contributed by atoms with van der Waals surface area (Å²) in [5, 5.41) is 8.81. The predicted octanol–water partition coefficient (Wildman–Crippen LogP) is 0.773. The molecule has 1 aromatic heterocycles. The van der Waals surface area contributed by atoms with Gasteiger partial charge < -0.3 is 5.84 Å². The van der Waals surface area contributed by atoms with Gasteiger partial charge in [-0.2, -0.15) is 5.26 Å². The molecule has 0 saturated heterocycles. The second-order valence-corrected chi connectivity index (χ2v) is 3.72. The maximum absolute atomic E-state index is 11.5. The Morgan fingerprint density at radius 3 is 2.50 bits per heavy atom. The quantitative estimate of drug-likeness (QED) is 0.548. The molecule has 0 fully saturated rings. The zero-order valence-corrected chi connectivity index (χ0v) is 9.10. The maximum Gasteiger partial charge on any atom is 0.287 e. The van der Waals surface area contributed by atoms with Gasteiger partial charge in [0.1, 0.15) is 11.6 Å². The SMILES string of the molecule is CSc1c(C)c(C#N)c(=O)n(N)c1C. The first kappa shape index (κ1) is 10.7. The van der Waals surface area contributed by atoms with E-state index in [2.05, 4.69) is 0 Å². The van der Waals surface area contributed by atoms with E-state index < -0.39 is 5.56 Å². The van der Waals surface area contributed by atoms with E-state index >= 15 is 0 Å². The average molecular weight is 209 g/mol. The minimum atomic E-state index is -0.430. The molecule has 0 bridgehead atoms. The number of hydrogen-bond donors (Lipinski definition) is 1. The van der Waals surface area contributed by atoms with Gasteiger partial charge in [-0.25, -0.2) is 4.68 Å². The Labute approximate surface area is 86.3 Å². The van der Waals surface area contributed by atoms with Crippen LogP contribution in [0.15, 0.2) is 9.69 Å². The van der Waals surface area contributed by atoms with Crippen LogP contribution >= 0.6 is 11.8 Å². The van der Waals surface area contributed by atoms with Crippen molar-refractivity contribution in [2.45, 2.75) is 18.7 Å². The number of rotatable bonds is 1. The maximum atomic E-state index is 11.5. The summed E-state index contributed by atoms with van der Waals surface area (Å²) in [5.41, 5.74) is 1.10. The molecule has 0 aliphatic heterocycles. The van der Waals surface area contributed by atoms with Gasteiger partial charge in [0.2, 0.25) is 0 Å². The van der Waals surface area contributed by atoms with Gasteiger partial charge in [-0.05, 0) is 25.7 Å². The highest BCUT2D eigenvalue weighted by Crippen LogP contribution is 2.23. The standard InChI is InChI=1S/C9H11N3OS/c1-5-7(4-10)9(13)12(11)6(2)8(5)14-3/h11H2,1-3H3. The predicted molar refractivity (Wildman–Crippen MR) is 56.8 cm³/mol. The molecule has 4 nitrogen and oxygen atoms in total. The van der Waals surface area contributed by atoms with Gasteiger partial charge in [0.05, 0.1) is 5.69 Å². The Morgan fingerprint density at radius 1 is 1.50 bits per heavy atom. The van der Waals surface area contributed by atoms with Gasteiger partial charge in [-0.3, -0.25) is 4.79 Å². The Morgan fingerprint density at radius 2 is 2.07 bits per heavy atom. The van der Waals surface area contributed by atoms with Crippen LogP contribution in [0.5, 0.6) is 0 Å². The highest BCUT2D eigenvalue weighted by atomic mass is 32.2. The summed E-state index contributed by atoms with van der Waals surface area (Å²) < 4.78 is 1.03. The molecule has 1 heterocycles. The summed E-state index contributed by atoms with van der Waals surface area (Å²) in [4.78, 5) is 12.4. The number of aromatic nitrogens is 1. The van der Waals surface area contributed by atoms with Gasteiger partial charge in [0.15, 0.2) is 0 Å². The number of nitrogens with two attached hydrogens (primary N) is 1. The van der Waals surface area contributed by atoms with E-state index in [-0.39, 0.29) is 5.56 Å². The zero-order chi connectivity index (χ0) is 10.9. The van der Waals surface area contributed by atoms with Crippen molar-refractivity contribution in [3.8, 4) is 6.07 Å². The molecular formula is C9H11N3OS. The zero-order valence-electron chi connectivity index (χ0n) is 8.29. The van der Waals surface area contributed by atoms with Gasteiger partial charge in [-0.15, -0.1) is 11.8 Å². The van der Waals surface area contributed by atoms with E-state index in [0.717, 1.165) is 9.57 Å². The van der Waals surface area contributed by atoms with Crippen molar-refractivity contribution in [1.82, 2.24) is 4.68 Å². The van der Waals surface area contributed by atoms with E-state index in [4.69, 9.17) is 11.1 Å². The van der Waals surface area contributed by atoms with Crippen LogP contribution in [0.3, 0.4) is 0 Å². The van der Waals surface area contributed by atoms with Crippen LogP contribution in [0.4, 0.5) is 0 Å². The van der Waals surface area contributed by atoms with Crippen molar-refractivity contribution in [3.63, 3.8) is 0 Å². The van der Waals surface area contributed by atoms with Crippen molar-refractivity contribution < 1.29 is 0 Å². The van der Waals surface area contributed by atoms with Gasteiger partial charge in [-0.1, -0.05) is 0 Å². The van der Waals surface area contributed by atoms with Crippen LogP contribution in [-0.4, -0.2) is 10.9 Å². The Kier molecular flexibility index (Phi) is 2.87. The summed E-state index contributed by atoms with van der Waals surface area (Å²) in [7, 11) is 0. The third-order valence-electron chi connectivity index (χ3n) is 2.15. The molecule has 0 atom stereocenters. The number of thioether (sulfide) groups is 1. The summed E-state index contributed by atoms with van der Waals surface area (Å²) in [6.07, 6.45) is 1.89. The monoisotopic (exact) mass is 209 g/mol. The highest BCUT2D eigenvalue weighted by Gasteiger charge is 2.14. The number of nitriles is 1. The molecule has 74 valence electrons. The fourth-order valence-corrected chi connectivity index (χ4v) is 2.16. The van der Waals surface area contributed by atoms with E-state index in [9.17, 15) is 4.79 Å². The largest absolute Gasteiger partial charge is 0.336 e. The first-order valence-corrected chi connectivity index (χ1v) is 5.22. The molecule has 0 aromatic carbocycles. The second kappa shape index (κ2) is 3.76. The average Bonchev–Trinajstić information content (AvgIpc) is 2.16. The van der Waals surface area contributed by atoms with Crippen molar-refractivity contribution >= 4 is 11.8 Å². The number of nitrogen functional groups attached to an aromatic ring is 1. The molecule has 0 aliphatic rings. The van der Waals surface area contributed by atoms with Crippen LogP contribution in [-0.2, 0) is 0 Å². The third kappa shape index (κ3) is 1.38. The minimum absolute atomic E-state index is 0.127.